The molecule has 0 aliphatic heterocycles. The second-order valence-electron chi connectivity index (χ2n) is 4.08. The molecule has 0 amide bonds. The van der Waals surface area contributed by atoms with Gasteiger partial charge in [0.25, 0.3) is 5.89 Å². The van der Waals surface area contributed by atoms with Crippen molar-refractivity contribution in [2.45, 2.75) is 6.54 Å². The largest absolute Gasteiger partial charge is 0.418 e. The van der Waals surface area contributed by atoms with Crippen molar-refractivity contribution in [3.8, 4) is 10.8 Å². The quantitative estimate of drug-likeness (QED) is 0.744. The molecule has 0 aliphatic carbocycles. The Morgan fingerprint density at radius 3 is 2.67 bits per heavy atom. The highest BCUT2D eigenvalue weighted by Gasteiger charge is 2.12. The topological polar surface area (TPSA) is 51.0 Å². The number of thiophene rings is 1. The van der Waals surface area contributed by atoms with Gasteiger partial charge in [-0.15, -0.1) is 21.5 Å². The summed E-state index contributed by atoms with van der Waals surface area (Å²) in [4.78, 5) is 0.813. The summed E-state index contributed by atoms with van der Waals surface area (Å²) >= 11 is 1.44. The maximum Gasteiger partial charge on any atom is 0.257 e. The average Bonchev–Trinajstić information content (AvgIpc) is 3.11. The molecular formula is C13H8F3N3OS. The third kappa shape index (κ3) is 2.89. The molecule has 0 atom stereocenters. The van der Waals surface area contributed by atoms with Crippen LogP contribution >= 0.6 is 11.3 Å². The maximum absolute atomic E-state index is 13.4. The molecule has 0 aliphatic rings. The van der Waals surface area contributed by atoms with Crippen LogP contribution in [0.4, 0.5) is 18.9 Å². The molecule has 4 nitrogen and oxygen atoms in total. The lowest BCUT2D eigenvalue weighted by molar-refractivity contribution is 0.494. The Morgan fingerprint density at radius 2 is 1.90 bits per heavy atom. The van der Waals surface area contributed by atoms with Gasteiger partial charge in [0.1, 0.15) is 5.82 Å². The summed E-state index contributed by atoms with van der Waals surface area (Å²) in [7, 11) is 0. The van der Waals surface area contributed by atoms with Crippen LogP contribution in [0.15, 0.2) is 34.1 Å². The van der Waals surface area contributed by atoms with Gasteiger partial charge in [-0.1, -0.05) is 6.07 Å². The number of aromatic nitrogens is 2. The first-order chi connectivity index (χ1) is 10.1. The van der Waals surface area contributed by atoms with Gasteiger partial charge in [-0.25, -0.2) is 13.2 Å². The van der Waals surface area contributed by atoms with Crippen molar-refractivity contribution in [2.24, 2.45) is 0 Å². The van der Waals surface area contributed by atoms with E-state index in [0.717, 1.165) is 10.9 Å². The Bertz CT molecular complexity index is 758. The first-order valence-electron chi connectivity index (χ1n) is 5.88. The number of rotatable bonds is 4. The van der Waals surface area contributed by atoms with Crippen molar-refractivity contribution < 1.29 is 17.6 Å². The molecule has 0 bridgehead atoms. The minimum absolute atomic E-state index is 0.000365. The molecule has 1 N–H and O–H groups in total. The third-order valence-corrected chi connectivity index (χ3v) is 3.50. The molecule has 0 saturated heterocycles. The fourth-order valence-corrected chi connectivity index (χ4v) is 2.30. The summed E-state index contributed by atoms with van der Waals surface area (Å²) < 4.78 is 44.7. The van der Waals surface area contributed by atoms with Gasteiger partial charge in [-0.3, -0.25) is 0 Å². The highest BCUT2D eigenvalue weighted by atomic mass is 32.1. The lowest BCUT2D eigenvalue weighted by atomic mass is 10.3. The Hall–Kier alpha value is -2.35. The monoisotopic (exact) mass is 311 g/mol. The van der Waals surface area contributed by atoms with E-state index in [1.807, 2.05) is 17.5 Å². The van der Waals surface area contributed by atoms with E-state index in [2.05, 4.69) is 15.5 Å². The van der Waals surface area contributed by atoms with Crippen LogP contribution in [-0.4, -0.2) is 10.2 Å². The van der Waals surface area contributed by atoms with Crippen LogP contribution in [0.1, 0.15) is 5.89 Å². The van der Waals surface area contributed by atoms with Gasteiger partial charge >= 0.3 is 0 Å². The molecule has 0 unspecified atom stereocenters. The number of hydrogen-bond donors (Lipinski definition) is 1. The summed E-state index contributed by atoms with van der Waals surface area (Å²) in [6.45, 7) is 0.000365. The number of nitrogens with one attached hydrogen (secondary N) is 1. The lowest BCUT2D eigenvalue weighted by Crippen LogP contribution is -2.03. The minimum atomic E-state index is -1.24. The molecule has 8 heteroatoms. The van der Waals surface area contributed by atoms with Crippen molar-refractivity contribution in [1.82, 2.24) is 10.2 Å². The van der Waals surface area contributed by atoms with Gasteiger partial charge in [0.05, 0.1) is 17.1 Å². The standard InChI is InChI=1S/C13H8F3N3OS/c14-7-4-9(16)10(5-8(7)15)17-6-12-18-19-13(20-12)11-2-1-3-21-11/h1-5,17H,6H2. The SMILES string of the molecule is Fc1cc(F)c(NCc2nnc(-c3cccs3)o2)cc1F. The first kappa shape index (κ1) is 13.6. The van der Waals surface area contributed by atoms with Crippen molar-refractivity contribution in [3.05, 3.63) is 53.0 Å². The fourth-order valence-electron chi connectivity index (χ4n) is 1.65. The molecule has 0 fully saturated rings. The normalized spacial score (nSPS) is 10.8. The molecule has 0 spiro atoms. The minimum Gasteiger partial charge on any atom is -0.418 e. The van der Waals surface area contributed by atoms with E-state index in [0.29, 0.717) is 12.0 Å². The maximum atomic E-state index is 13.4. The fraction of sp³-hybridized carbons (Fsp3) is 0.0769. The zero-order chi connectivity index (χ0) is 14.8. The van der Waals surface area contributed by atoms with Crippen molar-refractivity contribution in [3.63, 3.8) is 0 Å². The van der Waals surface area contributed by atoms with Gasteiger partial charge in [-0.2, -0.15) is 0 Å². The van der Waals surface area contributed by atoms with E-state index >= 15 is 0 Å². The summed E-state index contributed by atoms with van der Waals surface area (Å²) in [5.74, 6) is -2.71. The molecular weight excluding hydrogens is 303 g/mol. The van der Waals surface area contributed by atoms with Gasteiger partial charge in [0, 0.05) is 12.1 Å². The second kappa shape index (κ2) is 5.57. The highest BCUT2D eigenvalue weighted by Crippen LogP contribution is 2.23. The number of anilines is 1. The third-order valence-electron chi connectivity index (χ3n) is 2.64. The molecule has 1 aromatic carbocycles. The molecule has 2 heterocycles. The smallest absolute Gasteiger partial charge is 0.257 e. The zero-order valence-electron chi connectivity index (χ0n) is 10.4. The van der Waals surface area contributed by atoms with Gasteiger partial charge in [0.15, 0.2) is 11.6 Å². The predicted octanol–water partition coefficient (Wildman–Crippen LogP) is 3.83. The van der Waals surface area contributed by atoms with E-state index in [9.17, 15) is 13.2 Å². The summed E-state index contributed by atoms with van der Waals surface area (Å²) in [5.41, 5.74) is -0.176. The molecule has 108 valence electrons. The molecule has 2 aromatic heterocycles. The van der Waals surface area contributed by atoms with E-state index in [1.165, 1.54) is 11.3 Å². The summed E-state index contributed by atoms with van der Waals surface area (Å²) in [6.07, 6.45) is 0. The second-order valence-corrected chi connectivity index (χ2v) is 5.03. The number of halogens is 3. The molecule has 0 radical (unpaired) electrons. The van der Waals surface area contributed by atoms with Crippen LogP contribution in [0.5, 0.6) is 0 Å². The van der Waals surface area contributed by atoms with E-state index in [-0.39, 0.29) is 18.1 Å². The van der Waals surface area contributed by atoms with Crippen molar-refractivity contribution in [2.75, 3.05) is 5.32 Å². The van der Waals surface area contributed by atoms with Gasteiger partial charge < -0.3 is 9.73 Å². The van der Waals surface area contributed by atoms with Crippen molar-refractivity contribution >= 4 is 17.0 Å². The van der Waals surface area contributed by atoms with Gasteiger partial charge in [-0.05, 0) is 11.4 Å². The Kier molecular flexibility index (Phi) is 3.61. The molecule has 21 heavy (non-hydrogen) atoms. The number of benzene rings is 1. The van der Waals surface area contributed by atoms with Crippen molar-refractivity contribution in [1.29, 1.82) is 0 Å². The molecule has 3 rings (SSSR count). The average molecular weight is 311 g/mol. The van der Waals surface area contributed by atoms with Gasteiger partial charge in [0.2, 0.25) is 5.89 Å². The zero-order valence-corrected chi connectivity index (χ0v) is 11.3. The molecule has 3 aromatic rings. The molecule has 0 saturated carbocycles. The lowest BCUT2D eigenvalue weighted by Gasteiger charge is -2.05. The summed E-state index contributed by atoms with van der Waals surface area (Å²) in [6, 6.07) is 4.88. The predicted molar refractivity (Wildman–Crippen MR) is 71.3 cm³/mol. The first-order valence-corrected chi connectivity index (χ1v) is 6.76. The van der Waals surface area contributed by atoms with Crippen LogP contribution in [0.2, 0.25) is 0 Å². The van der Waals surface area contributed by atoms with Crippen LogP contribution in [0, 0.1) is 17.5 Å². The Morgan fingerprint density at radius 1 is 1.10 bits per heavy atom. The van der Waals surface area contributed by atoms with Crippen LogP contribution < -0.4 is 5.32 Å². The Balaban J connectivity index is 1.72. The number of nitrogens with zero attached hydrogens (tertiary/aromatic N) is 2. The van der Waals surface area contributed by atoms with E-state index < -0.39 is 17.5 Å². The van der Waals surface area contributed by atoms with Crippen LogP contribution in [0.3, 0.4) is 0 Å². The van der Waals surface area contributed by atoms with E-state index in [4.69, 9.17) is 4.42 Å². The summed E-state index contributed by atoms with van der Waals surface area (Å²) in [5, 5.41) is 12.1. The van der Waals surface area contributed by atoms with Crippen LogP contribution in [-0.2, 0) is 6.54 Å². The highest BCUT2D eigenvalue weighted by molar-refractivity contribution is 7.13. The van der Waals surface area contributed by atoms with Crippen LogP contribution in [0.25, 0.3) is 10.8 Å². The number of hydrogen-bond acceptors (Lipinski definition) is 5. The van der Waals surface area contributed by atoms with E-state index in [1.54, 1.807) is 0 Å². The Labute approximate surface area is 121 Å².